The predicted octanol–water partition coefficient (Wildman–Crippen LogP) is 2.04. The van der Waals surface area contributed by atoms with Crippen LogP contribution >= 0.6 is 11.6 Å². The lowest BCUT2D eigenvalue weighted by molar-refractivity contribution is -0.384. The molecule has 0 fully saturated rings. The Morgan fingerprint density at radius 1 is 1.44 bits per heavy atom. The van der Waals surface area contributed by atoms with E-state index in [4.69, 9.17) is 16.3 Å². The fourth-order valence-corrected chi connectivity index (χ4v) is 1.45. The summed E-state index contributed by atoms with van der Waals surface area (Å²) in [6.45, 7) is 0. The predicted molar refractivity (Wildman–Crippen MR) is 56.0 cm³/mol. The van der Waals surface area contributed by atoms with Gasteiger partial charge in [0.2, 0.25) is 0 Å². The summed E-state index contributed by atoms with van der Waals surface area (Å²) >= 11 is 5.74. The second-order valence-corrected chi connectivity index (χ2v) is 3.10. The van der Waals surface area contributed by atoms with Crippen molar-refractivity contribution in [2.75, 3.05) is 14.2 Å². The van der Waals surface area contributed by atoms with Gasteiger partial charge < -0.3 is 9.47 Å². The highest BCUT2D eigenvalue weighted by Gasteiger charge is 2.25. The molecule has 0 radical (unpaired) electrons. The molecule has 16 heavy (non-hydrogen) atoms. The van der Waals surface area contributed by atoms with Gasteiger partial charge in [-0.3, -0.25) is 10.1 Å². The van der Waals surface area contributed by atoms with Gasteiger partial charge in [0.15, 0.2) is 0 Å². The molecule has 0 aromatic heterocycles. The van der Waals surface area contributed by atoms with Gasteiger partial charge in [-0.2, -0.15) is 0 Å². The average molecular weight is 246 g/mol. The molecule has 0 heterocycles. The van der Waals surface area contributed by atoms with Gasteiger partial charge in [0.25, 0.3) is 5.69 Å². The number of nitro groups is 1. The Balaban J connectivity index is 3.46. The van der Waals surface area contributed by atoms with Gasteiger partial charge >= 0.3 is 5.97 Å². The van der Waals surface area contributed by atoms with Gasteiger partial charge in [0, 0.05) is 6.07 Å². The number of hydrogen-bond donors (Lipinski definition) is 0. The van der Waals surface area contributed by atoms with Crippen molar-refractivity contribution in [2.24, 2.45) is 0 Å². The van der Waals surface area contributed by atoms with Crippen molar-refractivity contribution in [3.8, 4) is 5.75 Å². The van der Waals surface area contributed by atoms with Crippen LogP contribution in [0.25, 0.3) is 0 Å². The molecule has 6 nitrogen and oxygen atoms in total. The third-order valence-corrected chi connectivity index (χ3v) is 2.27. The van der Waals surface area contributed by atoms with Gasteiger partial charge in [-0.25, -0.2) is 4.79 Å². The van der Waals surface area contributed by atoms with E-state index in [0.717, 1.165) is 13.2 Å². The van der Waals surface area contributed by atoms with Crippen LogP contribution < -0.4 is 4.74 Å². The molecular weight excluding hydrogens is 238 g/mol. The molecule has 0 saturated heterocycles. The van der Waals surface area contributed by atoms with E-state index >= 15 is 0 Å². The maximum atomic E-state index is 11.4. The van der Waals surface area contributed by atoms with Crippen LogP contribution in [0, 0.1) is 10.1 Å². The van der Waals surface area contributed by atoms with E-state index < -0.39 is 10.9 Å². The summed E-state index contributed by atoms with van der Waals surface area (Å²) < 4.78 is 9.34. The molecular formula is C9H8ClNO5. The number of carbonyl (C=O) groups excluding carboxylic acids is 1. The third-order valence-electron chi connectivity index (χ3n) is 1.89. The highest BCUT2D eigenvalue weighted by atomic mass is 35.5. The standard InChI is InChI=1S/C9H8ClNO5/c1-15-6-4-3-5(11(13)14)8(10)7(6)9(12)16-2/h3-4H,1-2H3. The minimum Gasteiger partial charge on any atom is -0.496 e. The average Bonchev–Trinajstić information content (AvgIpc) is 2.26. The first-order valence-electron chi connectivity index (χ1n) is 4.12. The van der Waals surface area contributed by atoms with E-state index in [9.17, 15) is 14.9 Å². The summed E-state index contributed by atoms with van der Waals surface area (Å²) in [5, 5.41) is 10.3. The lowest BCUT2D eigenvalue weighted by atomic mass is 10.1. The van der Waals surface area contributed by atoms with Crippen LogP contribution in [-0.4, -0.2) is 25.1 Å². The van der Waals surface area contributed by atoms with Crippen molar-refractivity contribution < 1.29 is 19.2 Å². The molecule has 0 saturated carbocycles. The zero-order valence-corrected chi connectivity index (χ0v) is 9.28. The Hall–Kier alpha value is -1.82. The van der Waals surface area contributed by atoms with Crippen LogP contribution in [0.5, 0.6) is 5.75 Å². The first-order chi connectivity index (χ1) is 7.52. The van der Waals surface area contributed by atoms with Crippen molar-refractivity contribution in [2.45, 2.75) is 0 Å². The SMILES string of the molecule is COC(=O)c1c(OC)ccc([N+](=O)[O-])c1Cl. The monoisotopic (exact) mass is 245 g/mol. The topological polar surface area (TPSA) is 78.7 Å². The number of rotatable bonds is 3. The van der Waals surface area contributed by atoms with Crippen LogP contribution in [0.1, 0.15) is 10.4 Å². The molecule has 0 unspecified atom stereocenters. The maximum absolute atomic E-state index is 11.4. The highest BCUT2D eigenvalue weighted by Crippen LogP contribution is 2.34. The Labute approximate surface area is 95.9 Å². The zero-order valence-electron chi connectivity index (χ0n) is 8.52. The van der Waals surface area contributed by atoms with Gasteiger partial charge in [-0.15, -0.1) is 0 Å². The van der Waals surface area contributed by atoms with Crippen molar-refractivity contribution in [3.05, 3.63) is 32.8 Å². The van der Waals surface area contributed by atoms with Crippen LogP contribution in [0.2, 0.25) is 5.02 Å². The van der Waals surface area contributed by atoms with Crippen LogP contribution in [0.4, 0.5) is 5.69 Å². The number of nitro benzene ring substituents is 1. The van der Waals surface area contributed by atoms with Crippen LogP contribution in [0.3, 0.4) is 0 Å². The lowest BCUT2D eigenvalue weighted by Gasteiger charge is -2.08. The largest absolute Gasteiger partial charge is 0.496 e. The van der Waals surface area contributed by atoms with E-state index in [-0.39, 0.29) is 22.0 Å². The summed E-state index contributed by atoms with van der Waals surface area (Å²) in [4.78, 5) is 21.3. The van der Waals surface area contributed by atoms with Crippen molar-refractivity contribution in [3.63, 3.8) is 0 Å². The number of ether oxygens (including phenoxy) is 2. The Bertz CT molecular complexity index is 446. The summed E-state index contributed by atoms with van der Waals surface area (Å²) in [5.41, 5.74) is -0.524. The molecule has 0 aliphatic rings. The quantitative estimate of drug-likeness (QED) is 0.463. The Kier molecular flexibility index (Phi) is 3.68. The molecule has 0 N–H and O–H groups in total. The van der Waals surface area contributed by atoms with E-state index in [1.165, 1.54) is 13.2 Å². The molecule has 1 aromatic rings. The number of esters is 1. The molecule has 0 spiro atoms. The normalized spacial score (nSPS) is 9.69. The third kappa shape index (κ3) is 2.06. The fraction of sp³-hybridized carbons (Fsp3) is 0.222. The zero-order chi connectivity index (χ0) is 12.3. The first kappa shape index (κ1) is 12.3. The maximum Gasteiger partial charge on any atom is 0.343 e. The lowest BCUT2D eigenvalue weighted by Crippen LogP contribution is -2.06. The molecule has 86 valence electrons. The smallest absolute Gasteiger partial charge is 0.343 e. The van der Waals surface area contributed by atoms with E-state index in [0.29, 0.717) is 0 Å². The van der Waals surface area contributed by atoms with Crippen molar-refractivity contribution in [1.29, 1.82) is 0 Å². The summed E-state index contributed by atoms with van der Waals surface area (Å²) in [7, 11) is 2.47. The number of carbonyl (C=O) groups is 1. The summed E-state index contributed by atoms with van der Waals surface area (Å²) in [6.07, 6.45) is 0. The molecule has 1 aromatic carbocycles. The molecule has 0 aliphatic heterocycles. The van der Waals surface area contributed by atoms with Crippen LogP contribution in [-0.2, 0) is 4.74 Å². The molecule has 0 aliphatic carbocycles. The van der Waals surface area contributed by atoms with Crippen molar-refractivity contribution >= 4 is 23.3 Å². The van der Waals surface area contributed by atoms with Gasteiger partial charge in [0.1, 0.15) is 16.3 Å². The molecule has 0 amide bonds. The second kappa shape index (κ2) is 4.80. The van der Waals surface area contributed by atoms with Crippen molar-refractivity contribution in [1.82, 2.24) is 0 Å². The number of benzene rings is 1. The number of halogens is 1. The molecule has 1 rings (SSSR count). The van der Waals surface area contributed by atoms with Crippen LogP contribution in [0.15, 0.2) is 12.1 Å². The minimum absolute atomic E-state index is 0.127. The summed E-state index contributed by atoms with van der Waals surface area (Å²) in [6, 6.07) is 2.45. The number of hydrogen-bond acceptors (Lipinski definition) is 5. The highest BCUT2D eigenvalue weighted by molar-refractivity contribution is 6.36. The Morgan fingerprint density at radius 2 is 2.06 bits per heavy atom. The number of nitrogens with zero attached hydrogens (tertiary/aromatic N) is 1. The minimum atomic E-state index is -0.787. The Morgan fingerprint density at radius 3 is 2.50 bits per heavy atom. The molecule has 0 atom stereocenters. The first-order valence-corrected chi connectivity index (χ1v) is 4.50. The summed E-state index contributed by atoms with van der Waals surface area (Å²) in [5.74, 6) is -0.659. The van der Waals surface area contributed by atoms with E-state index in [1.807, 2.05) is 0 Å². The molecule has 0 bridgehead atoms. The van der Waals surface area contributed by atoms with Gasteiger partial charge in [0.05, 0.1) is 19.1 Å². The number of methoxy groups -OCH3 is 2. The molecule has 7 heteroatoms. The van der Waals surface area contributed by atoms with E-state index in [2.05, 4.69) is 4.74 Å². The fourth-order valence-electron chi connectivity index (χ4n) is 1.15. The van der Waals surface area contributed by atoms with Gasteiger partial charge in [-0.1, -0.05) is 11.6 Å². The second-order valence-electron chi connectivity index (χ2n) is 2.72. The van der Waals surface area contributed by atoms with E-state index in [1.54, 1.807) is 0 Å². The van der Waals surface area contributed by atoms with Gasteiger partial charge in [-0.05, 0) is 6.07 Å².